The minimum atomic E-state index is -1.19. The Morgan fingerprint density at radius 1 is 0.379 bits per heavy atom. The second-order valence-electron chi connectivity index (χ2n) is 32.6. The van der Waals surface area contributed by atoms with Crippen LogP contribution >= 0.6 is 0 Å². The fourth-order valence-corrected chi connectivity index (χ4v) is 17.6. The van der Waals surface area contributed by atoms with Gasteiger partial charge < -0.3 is 19.8 Å². The molecule has 2 aliphatic rings. The van der Waals surface area contributed by atoms with Gasteiger partial charge in [-0.05, 0) is 142 Å². The molecule has 2 saturated heterocycles. The Hall–Kier alpha value is -1.14. The molecule has 0 spiro atoms. The lowest BCUT2D eigenvalue weighted by molar-refractivity contribution is -0.345. The molecule has 0 atom stereocenters. The van der Waals surface area contributed by atoms with Crippen LogP contribution < -0.4 is 10.2 Å². The number of hydrogen-bond acceptors (Lipinski definition) is 6. The predicted molar refractivity (Wildman–Crippen MR) is 280 cm³/mol. The standard InChI is InChI=1S/C60H116N2O4/c1-46(2,3)57(47(4,5)6)38-42(39-58(48(7,8)9,49(10,11)12)61(57)54(25,26)27)56(45(65)66,37-35-33-31-32-34-36-44(63)64)43-40-59(50(13,14)15,51(16,17)18)62(55(28,29)30)60(41-43,52(19,20)21)53(22,23)24/h42-43H,31-41H2,1-30H3,(H,63,64)(H,65,66)/p-2. The fourth-order valence-electron chi connectivity index (χ4n) is 17.6. The van der Waals surface area contributed by atoms with E-state index in [4.69, 9.17) is 0 Å². The van der Waals surface area contributed by atoms with E-state index in [1.807, 2.05) is 0 Å². The minimum absolute atomic E-state index is 0.0639. The van der Waals surface area contributed by atoms with E-state index in [2.05, 4.69) is 218 Å². The molecule has 0 bridgehead atoms. The number of piperidine rings is 2. The van der Waals surface area contributed by atoms with Crippen molar-refractivity contribution in [2.75, 3.05) is 0 Å². The van der Waals surface area contributed by atoms with Crippen molar-refractivity contribution in [3.05, 3.63) is 0 Å². The van der Waals surface area contributed by atoms with Crippen LogP contribution in [-0.4, -0.2) is 55.0 Å². The molecule has 2 heterocycles. The summed E-state index contributed by atoms with van der Waals surface area (Å²) in [6.07, 6.45) is 7.46. The molecule has 0 N–H and O–H groups in total. The monoisotopic (exact) mass is 927 g/mol. The van der Waals surface area contributed by atoms with Gasteiger partial charge in [0.1, 0.15) is 0 Å². The zero-order valence-electron chi connectivity index (χ0n) is 50.0. The maximum atomic E-state index is 15.8. The van der Waals surface area contributed by atoms with E-state index < -0.39 is 39.5 Å². The number of carbonyl (C=O) groups excluding carboxylic acids is 2. The minimum Gasteiger partial charge on any atom is -0.550 e. The number of likely N-dealkylation sites (tertiary alicyclic amines) is 2. The van der Waals surface area contributed by atoms with Crippen LogP contribution in [0.1, 0.15) is 278 Å². The van der Waals surface area contributed by atoms with Crippen LogP contribution in [0.2, 0.25) is 0 Å². The Balaban J connectivity index is 3.63. The molecule has 2 aliphatic heterocycles. The van der Waals surface area contributed by atoms with Gasteiger partial charge in [-0.2, -0.15) is 0 Å². The molecule has 0 amide bonds. The van der Waals surface area contributed by atoms with Crippen molar-refractivity contribution < 1.29 is 19.8 Å². The van der Waals surface area contributed by atoms with Crippen molar-refractivity contribution in [1.82, 2.24) is 9.80 Å². The van der Waals surface area contributed by atoms with E-state index >= 15 is 9.90 Å². The van der Waals surface area contributed by atoms with E-state index in [1.165, 1.54) is 0 Å². The quantitative estimate of drug-likeness (QED) is 0.192. The van der Waals surface area contributed by atoms with Gasteiger partial charge in [-0.25, -0.2) is 0 Å². The number of carbonyl (C=O) groups is 2. The highest BCUT2D eigenvalue weighted by atomic mass is 16.4. The zero-order chi connectivity index (χ0) is 52.7. The van der Waals surface area contributed by atoms with E-state index in [0.29, 0.717) is 12.8 Å². The van der Waals surface area contributed by atoms with Gasteiger partial charge in [0.05, 0.1) is 0 Å². The first-order chi connectivity index (χ1) is 28.7. The molecule has 0 aliphatic carbocycles. The van der Waals surface area contributed by atoms with Crippen LogP contribution in [0.15, 0.2) is 0 Å². The molecular formula is C60H114N2O4-2. The highest BCUT2D eigenvalue weighted by molar-refractivity contribution is 5.74. The molecule has 2 rings (SSSR count). The largest absolute Gasteiger partial charge is 0.550 e. The second-order valence-corrected chi connectivity index (χ2v) is 32.6. The average molecular weight is 928 g/mol. The fraction of sp³-hybridized carbons (Fsp3) is 0.967. The number of hydrogen-bond donors (Lipinski definition) is 0. The smallest absolute Gasteiger partial charge is 0.0481 e. The molecule has 0 aromatic rings. The highest BCUT2D eigenvalue weighted by Crippen LogP contribution is 2.74. The van der Waals surface area contributed by atoms with Crippen LogP contribution in [0, 0.1) is 60.6 Å². The molecule has 6 heteroatoms. The van der Waals surface area contributed by atoms with E-state index in [1.54, 1.807) is 0 Å². The average Bonchev–Trinajstić information content (AvgIpc) is 3.03. The Bertz CT molecular complexity index is 1420. The van der Waals surface area contributed by atoms with Gasteiger partial charge in [-0.3, -0.25) is 9.80 Å². The van der Waals surface area contributed by atoms with E-state index in [-0.39, 0.29) is 72.7 Å². The topological polar surface area (TPSA) is 86.7 Å². The summed E-state index contributed by atoms with van der Waals surface area (Å²) < 4.78 is 0. The molecule has 0 aromatic heterocycles. The van der Waals surface area contributed by atoms with Crippen molar-refractivity contribution in [3.8, 4) is 0 Å². The van der Waals surface area contributed by atoms with Crippen molar-refractivity contribution in [2.24, 2.45) is 60.6 Å². The van der Waals surface area contributed by atoms with Gasteiger partial charge in [0, 0.05) is 50.6 Å². The number of carboxylic acid groups (broad SMARTS) is 2. The van der Waals surface area contributed by atoms with Gasteiger partial charge in [0.25, 0.3) is 0 Å². The molecule has 0 radical (unpaired) electrons. The van der Waals surface area contributed by atoms with Gasteiger partial charge in [-0.15, -0.1) is 0 Å². The first kappa shape index (κ1) is 61.0. The summed E-state index contributed by atoms with van der Waals surface area (Å²) in [4.78, 5) is 33.2. The molecule has 0 saturated carbocycles. The van der Waals surface area contributed by atoms with Crippen molar-refractivity contribution >= 4 is 11.9 Å². The summed E-state index contributed by atoms with van der Waals surface area (Å²) >= 11 is 0. The van der Waals surface area contributed by atoms with Crippen molar-refractivity contribution in [3.63, 3.8) is 0 Å². The Kier molecular flexibility index (Phi) is 16.8. The maximum absolute atomic E-state index is 15.8. The molecule has 0 aromatic carbocycles. The van der Waals surface area contributed by atoms with Crippen LogP contribution in [-0.2, 0) is 9.59 Å². The zero-order valence-corrected chi connectivity index (χ0v) is 50.0. The molecule has 390 valence electrons. The Labute approximate surface area is 412 Å². The Morgan fingerprint density at radius 2 is 0.591 bits per heavy atom. The maximum Gasteiger partial charge on any atom is 0.0481 e. The number of rotatable bonds is 11. The molecule has 66 heavy (non-hydrogen) atoms. The van der Waals surface area contributed by atoms with E-state index in [9.17, 15) is 9.90 Å². The van der Waals surface area contributed by atoms with Gasteiger partial charge >= 0.3 is 0 Å². The molecular weight excluding hydrogens is 813 g/mol. The third-order valence-corrected chi connectivity index (χ3v) is 18.8. The van der Waals surface area contributed by atoms with Crippen LogP contribution in [0.25, 0.3) is 0 Å². The lowest BCUT2D eigenvalue weighted by Gasteiger charge is -2.80. The van der Waals surface area contributed by atoms with Gasteiger partial charge in [-0.1, -0.05) is 192 Å². The first-order valence-corrected chi connectivity index (χ1v) is 26.7. The lowest BCUT2D eigenvalue weighted by atomic mass is 9.38. The third kappa shape index (κ3) is 9.90. The van der Waals surface area contributed by atoms with Crippen molar-refractivity contribution in [1.29, 1.82) is 0 Å². The van der Waals surface area contributed by atoms with Crippen LogP contribution in [0.4, 0.5) is 0 Å². The molecule has 6 nitrogen and oxygen atoms in total. The second kappa shape index (κ2) is 18.2. The van der Waals surface area contributed by atoms with Crippen molar-refractivity contribution in [2.45, 2.75) is 312 Å². The summed E-state index contributed by atoms with van der Waals surface area (Å²) in [5.41, 5.74) is -5.57. The number of carboxylic acids is 2. The molecule has 0 unspecified atom stereocenters. The summed E-state index contributed by atoms with van der Waals surface area (Å²) in [5, 5.41) is 27.2. The highest BCUT2D eigenvalue weighted by Gasteiger charge is 2.76. The number of nitrogens with zero attached hydrogens (tertiary/aromatic N) is 2. The lowest BCUT2D eigenvalue weighted by Crippen LogP contribution is -2.85. The van der Waals surface area contributed by atoms with Gasteiger partial charge in [0.15, 0.2) is 0 Å². The third-order valence-electron chi connectivity index (χ3n) is 18.8. The summed E-state index contributed by atoms with van der Waals surface area (Å²) in [7, 11) is 0. The van der Waals surface area contributed by atoms with Gasteiger partial charge in [0.2, 0.25) is 0 Å². The predicted octanol–water partition coefficient (Wildman–Crippen LogP) is 14.5. The summed E-state index contributed by atoms with van der Waals surface area (Å²) in [5.74, 6) is -2.28. The first-order valence-electron chi connectivity index (χ1n) is 26.7. The van der Waals surface area contributed by atoms with E-state index in [0.717, 1.165) is 51.4 Å². The SMILES string of the molecule is CC(C)(C)N1C(C(C)(C)C)(C(C)(C)C)CC(C(CCCCCCCC(=O)[O-])(C(=O)[O-])C2CC(C(C)(C)C)(C(C)(C)C)N(C(C)(C)C)C(C(C)(C)C)(C(C)(C)C)C2)CC1(C(C)(C)C)C(C)(C)C. The molecule has 2 fully saturated rings. The number of unbranched alkanes of at least 4 members (excludes halogenated alkanes) is 4. The Morgan fingerprint density at radius 3 is 0.773 bits per heavy atom. The normalized spacial score (nSPS) is 21.8. The van der Waals surface area contributed by atoms with Crippen LogP contribution in [0.3, 0.4) is 0 Å². The summed E-state index contributed by atoms with van der Waals surface area (Å²) in [6, 6.07) is 0. The number of aliphatic carboxylic acids is 2. The summed E-state index contributed by atoms with van der Waals surface area (Å²) in [6.45, 7) is 73.2. The van der Waals surface area contributed by atoms with Crippen LogP contribution in [0.5, 0.6) is 0 Å².